The van der Waals surface area contributed by atoms with Gasteiger partial charge in [0.05, 0.1) is 23.7 Å². The van der Waals surface area contributed by atoms with Gasteiger partial charge < -0.3 is 4.74 Å². The van der Waals surface area contributed by atoms with E-state index in [0.29, 0.717) is 15.7 Å². The van der Waals surface area contributed by atoms with Gasteiger partial charge in [-0.1, -0.05) is 6.07 Å². The van der Waals surface area contributed by atoms with Crippen LogP contribution in [0.2, 0.25) is 0 Å². The number of hydrogen-bond donors (Lipinski definition) is 0. The predicted molar refractivity (Wildman–Crippen MR) is 82.4 cm³/mol. The molecule has 0 aliphatic carbocycles. The fourth-order valence-corrected chi connectivity index (χ4v) is 2.42. The van der Waals surface area contributed by atoms with E-state index in [1.54, 1.807) is 19.4 Å². The number of aryl methyl sites for hydroxylation is 1. The molecule has 3 nitrogen and oxygen atoms in total. The van der Waals surface area contributed by atoms with Gasteiger partial charge in [-0.05, 0) is 41.9 Å². The molecule has 2 aromatic rings. The molecule has 2 rings (SSSR count). The minimum Gasteiger partial charge on any atom is -0.496 e. The Morgan fingerprint density at radius 1 is 1.38 bits per heavy atom. The fourth-order valence-electron chi connectivity index (χ4n) is 2.17. The zero-order chi connectivity index (χ0) is 15.6. The van der Waals surface area contributed by atoms with E-state index in [4.69, 9.17) is 4.74 Å². The number of aromatic nitrogens is 1. The Labute approximate surface area is 131 Å². The molecule has 0 N–H and O–H groups in total. The summed E-state index contributed by atoms with van der Waals surface area (Å²) in [7, 11) is 1.59. The molecule has 0 unspecified atom stereocenters. The third kappa shape index (κ3) is 3.29. The van der Waals surface area contributed by atoms with Crippen LogP contribution < -0.4 is 4.74 Å². The van der Waals surface area contributed by atoms with Crippen molar-refractivity contribution in [1.29, 1.82) is 0 Å². The van der Waals surface area contributed by atoms with Gasteiger partial charge in [0.25, 0.3) is 0 Å². The quantitative estimate of drug-likeness (QED) is 0.780. The van der Waals surface area contributed by atoms with Gasteiger partial charge in [0, 0.05) is 22.9 Å². The monoisotopic (exact) mass is 351 g/mol. The summed E-state index contributed by atoms with van der Waals surface area (Å²) in [4.78, 5) is 16.5. The second-order valence-electron chi connectivity index (χ2n) is 4.77. The number of halogens is 2. The fraction of sp³-hybridized carbons (Fsp3) is 0.250. The minimum absolute atomic E-state index is 0.115. The van der Waals surface area contributed by atoms with Crippen LogP contribution in [-0.4, -0.2) is 17.9 Å². The van der Waals surface area contributed by atoms with Crippen molar-refractivity contribution >= 4 is 21.7 Å². The number of Topliss-reactive ketones (excluding diaryl/α,β-unsaturated/α-hetero) is 1. The van der Waals surface area contributed by atoms with Gasteiger partial charge in [-0.25, -0.2) is 4.39 Å². The summed E-state index contributed by atoms with van der Waals surface area (Å²) in [5.74, 6) is 0.102. The van der Waals surface area contributed by atoms with E-state index in [0.717, 1.165) is 16.9 Å². The number of ether oxygens (including phenoxy) is 1. The zero-order valence-corrected chi connectivity index (χ0v) is 13.6. The number of benzene rings is 1. The van der Waals surface area contributed by atoms with Crippen molar-refractivity contribution in [2.24, 2.45) is 0 Å². The zero-order valence-electron chi connectivity index (χ0n) is 12.0. The topological polar surface area (TPSA) is 39.2 Å². The first-order chi connectivity index (χ1) is 9.93. The number of carbonyl (C=O) groups excluding carboxylic acids is 1. The molecular formula is C16H15BrFNO2. The second kappa shape index (κ2) is 6.35. The van der Waals surface area contributed by atoms with E-state index in [9.17, 15) is 9.18 Å². The van der Waals surface area contributed by atoms with Gasteiger partial charge in [-0.3, -0.25) is 9.78 Å². The van der Waals surface area contributed by atoms with Crippen molar-refractivity contribution in [2.75, 3.05) is 7.11 Å². The SMILES string of the molecule is COc1c(C)cnc(CC(=O)c2ccc(Br)c(F)c2)c1C. The van der Waals surface area contributed by atoms with Crippen LogP contribution in [0.4, 0.5) is 4.39 Å². The highest BCUT2D eigenvalue weighted by molar-refractivity contribution is 9.10. The maximum absolute atomic E-state index is 13.5. The molecule has 0 saturated carbocycles. The lowest BCUT2D eigenvalue weighted by Crippen LogP contribution is -2.08. The summed E-state index contributed by atoms with van der Waals surface area (Å²) in [6.07, 6.45) is 1.79. The average molecular weight is 352 g/mol. The van der Waals surface area contributed by atoms with Gasteiger partial charge in [0.2, 0.25) is 0 Å². The number of pyridine rings is 1. The lowest BCUT2D eigenvalue weighted by atomic mass is 10.0. The lowest BCUT2D eigenvalue weighted by molar-refractivity contribution is 0.0991. The normalized spacial score (nSPS) is 10.5. The molecule has 0 bridgehead atoms. The van der Waals surface area contributed by atoms with Crippen molar-refractivity contribution in [3.05, 3.63) is 57.1 Å². The standard InChI is InChI=1S/C16H15BrFNO2/c1-9-8-19-14(10(2)16(9)21-3)7-15(20)11-4-5-12(17)13(18)6-11/h4-6,8H,7H2,1-3H3. The molecule has 0 aliphatic heterocycles. The Morgan fingerprint density at radius 3 is 2.71 bits per heavy atom. The van der Waals surface area contributed by atoms with Gasteiger partial charge in [0.1, 0.15) is 11.6 Å². The number of nitrogens with zero attached hydrogens (tertiary/aromatic N) is 1. The van der Waals surface area contributed by atoms with Gasteiger partial charge >= 0.3 is 0 Å². The molecule has 0 fully saturated rings. The maximum Gasteiger partial charge on any atom is 0.168 e. The van der Waals surface area contributed by atoms with Crippen molar-refractivity contribution < 1.29 is 13.9 Å². The predicted octanol–water partition coefficient (Wildman–Crippen LogP) is 4.03. The highest BCUT2D eigenvalue weighted by Crippen LogP contribution is 2.25. The molecule has 0 atom stereocenters. The molecule has 110 valence electrons. The van der Waals surface area contributed by atoms with E-state index < -0.39 is 5.82 Å². The van der Waals surface area contributed by atoms with Crippen LogP contribution >= 0.6 is 15.9 Å². The molecule has 0 radical (unpaired) electrons. The average Bonchev–Trinajstić information content (AvgIpc) is 2.45. The van der Waals surface area contributed by atoms with Crippen molar-refractivity contribution in [1.82, 2.24) is 4.98 Å². The molecule has 0 amide bonds. The first kappa shape index (κ1) is 15.6. The van der Waals surface area contributed by atoms with Crippen LogP contribution in [0.5, 0.6) is 5.75 Å². The van der Waals surface area contributed by atoms with E-state index in [1.807, 2.05) is 13.8 Å². The third-order valence-electron chi connectivity index (χ3n) is 3.32. The van der Waals surface area contributed by atoms with Crippen LogP contribution in [0, 0.1) is 19.7 Å². The third-order valence-corrected chi connectivity index (χ3v) is 3.96. The largest absolute Gasteiger partial charge is 0.496 e. The molecule has 1 aromatic heterocycles. The second-order valence-corrected chi connectivity index (χ2v) is 5.63. The van der Waals surface area contributed by atoms with E-state index in [1.165, 1.54) is 12.1 Å². The Kier molecular flexibility index (Phi) is 4.73. The Morgan fingerprint density at radius 2 is 2.10 bits per heavy atom. The molecule has 21 heavy (non-hydrogen) atoms. The first-order valence-corrected chi connectivity index (χ1v) is 7.20. The number of methoxy groups -OCH3 is 1. The highest BCUT2D eigenvalue weighted by atomic mass is 79.9. The van der Waals surface area contributed by atoms with Crippen molar-refractivity contribution in [3.8, 4) is 5.75 Å². The number of carbonyl (C=O) groups is 1. The molecule has 0 aliphatic rings. The van der Waals surface area contributed by atoms with Crippen LogP contribution in [0.15, 0.2) is 28.9 Å². The molecule has 5 heteroatoms. The molecular weight excluding hydrogens is 337 g/mol. The molecule has 1 heterocycles. The smallest absolute Gasteiger partial charge is 0.168 e. The summed E-state index contributed by atoms with van der Waals surface area (Å²) >= 11 is 3.07. The molecule has 0 saturated heterocycles. The lowest BCUT2D eigenvalue weighted by Gasteiger charge is -2.12. The first-order valence-electron chi connectivity index (χ1n) is 6.41. The van der Waals surface area contributed by atoms with E-state index >= 15 is 0 Å². The summed E-state index contributed by atoms with van der Waals surface area (Å²) in [5.41, 5.74) is 2.73. The van der Waals surface area contributed by atoms with Gasteiger partial charge in [-0.2, -0.15) is 0 Å². The van der Waals surface area contributed by atoms with Crippen LogP contribution in [0.3, 0.4) is 0 Å². The van der Waals surface area contributed by atoms with Crippen LogP contribution in [0.25, 0.3) is 0 Å². The summed E-state index contributed by atoms with van der Waals surface area (Å²) in [5, 5.41) is 0. The Balaban J connectivity index is 2.29. The number of ketones is 1. The maximum atomic E-state index is 13.5. The highest BCUT2D eigenvalue weighted by Gasteiger charge is 2.15. The number of rotatable bonds is 4. The molecule has 1 aromatic carbocycles. The molecule has 0 spiro atoms. The summed E-state index contributed by atoms with van der Waals surface area (Å²) < 4.78 is 19.2. The van der Waals surface area contributed by atoms with Crippen LogP contribution in [0.1, 0.15) is 27.2 Å². The van der Waals surface area contributed by atoms with E-state index in [2.05, 4.69) is 20.9 Å². The van der Waals surface area contributed by atoms with Gasteiger partial charge in [0.15, 0.2) is 5.78 Å². The summed E-state index contributed by atoms with van der Waals surface area (Å²) in [6.45, 7) is 3.76. The minimum atomic E-state index is -0.452. The summed E-state index contributed by atoms with van der Waals surface area (Å²) in [6, 6.07) is 4.35. The van der Waals surface area contributed by atoms with Gasteiger partial charge in [-0.15, -0.1) is 0 Å². The van der Waals surface area contributed by atoms with Crippen molar-refractivity contribution in [3.63, 3.8) is 0 Å². The van der Waals surface area contributed by atoms with E-state index in [-0.39, 0.29) is 12.2 Å². The Hall–Kier alpha value is -1.75. The number of hydrogen-bond acceptors (Lipinski definition) is 3. The van der Waals surface area contributed by atoms with Crippen molar-refractivity contribution in [2.45, 2.75) is 20.3 Å². The van der Waals surface area contributed by atoms with Crippen LogP contribution in [-0.2, 0) is 6.42 Å². The Bertz CT molecular complexity index is 701.